The van der Waals surface area contributed by atoms with Gasteiger partial charge in [-0.2, -0.15) is 0 Å². The van der Waals surface area contributed by atoms with Gasteiger partial charge in [-0.15, -0.1) is 0 Å². The van der Waals surface area contributed by atoms with Gasteiger partial charge in [0.15, 0.2) is 0 Å². The molecule has 0 aromatic heterocycles. The predicted octanol–water partition coefficient (Wildman–Crippen LogP) is 1.70. The highest BCUT2D eigenvalue weighted by Crippen LogP contribution is 2.28. The van der Waals surface area contributed by atoms with Crippen molar-refractivity contribution in [3.05, 3.63) is 0 Å². The first-order valence-corrected chi connectivity index (χ1v) is 7.01. The zero-order valence-electron chi connectivity index (χ0n) is 11.8. The number of carbonyl (C=O) groups is 2. The Morgan fingerprint density at radius 3 is 2.22 bits per heavy atom. The highest BCUT2D eigenvalue weighted by molar-refractivity contribution is 5.78. The van der Waals surface area contributed by atoms with E-state index in [-0.39, 0.29) is 17.7 Å². The Hall–Kier alpha value is -1.06. The highest BCUT2D eigenvalue weighted by Gasteiger charge is 2.26. The zero-order valence-corrected chi connectivity index (χ0v) is 11.8. The average Bonchev–Trinajstić information content (AvgIpc) is 2.34. The third-order valence-electron chi connectivity index (χ3n) is 3.54. The lowest BCUT2D eigenvalue weighted by molar-refractivity contribution is -0.126. The SMILES string of the molecule is CC(=O)NCC1CCC(C(=O)NCC(C)C)CC1. The average molecular weight is 254 g/mol. The van der Waals surface area contributed by atoms with Gasteiger partial charge in [0, 0.05) is 25.9 Å². The normalized spacial score (nSPS) is 23.8. The minimum atomic E-state index is 0.0341. The van der Waals surface area contributed by atoms with Gasteiger partial charge in [0.2, 0.25) is 11.8 Å². The molecule has 1 rings (SSSR count). The number of carbonyl (C=O) groups excluding carboxylic acids is 2. The molecule has 1 aliphatic rings. The van der Waals surface area contributed by atoms with Gasteiger partial charge in [0.25, 0.3) is 0 Å². The lowest BCUT2D eigenvalue weighted by atomic mass is 9.81. The first-order chi connectivity index (χ1) is 8.49. The molecule has 0 bridgehead atoms. The van der Waals surface area contributed by atoms with Crippen LogP contribution in [0.25, 0.3) is 0 Å². The van der Waals surface area contributed by atoms with E-state index < -0.39 is 0 Å². The van der Waals surface area contributed by atoms with Crippen molar-refractivity contribution in [2.24, 2.45) is 17.8 Å². The smallest absolute Gasteiger partial charge is 0.223 e. The monoisotopic (exact) mass is 254 g/mol. The van der Waals surface area contributed by atoms with Crippen LogP contribution in [0.1, 0.15) is 46.5 Å². The molecule has 1 fully saturated rings. The molecule has 1 saturated carbocycles. The molecule has 2 N–H and O–H groups in total. The molecule has 2 amide bonds. The van der Waals surface area contributed by atoms with Gasteiger partial charge < -0.3 is 10.6 Å². The maximum Gasteiger partial charge on any atom is 0.223 e. The Balaban J connectivity index is 2.22. The second kappa shape index (κ2) is 7.39. The fourth-order valence-corrected chi connectivity index (χ4v) is 2.37. The summed E-state index contributed by atoms with van der Waals surface area (Å²) in [5, 5.41) is 5.87. The maximum absolute atomic E-state index is 11.9. The molecule has 18 heavy (non-hydrogen) atoms. The maximum atomic E-state index is 11.9. The summed E-state index contributed by atoms with van der Waals surface area (Å²) in [6.45, 7) is 7.28. The van der Waals surface area contributed by atoms with Crippen molar-refractivity contribution in [3.8, 4) is 0 Å². The van der Waals surface area contributed by atoms with Crippen LogP contribution in [0.4, 0.5) is 0 Å². The van der Waals surface area contributed by atoms with Crippen LogP contribution in [0.3, 0.4) is 0 Å². The van der Waals surface area contributed by atoms with Crippen LogP contribution in [0.2, 0.25) is 0 Å². The first kappa shape index (κ1) is 15.0. The molecule has 4 nitrogen and oxygen atoms in total. The van der Waals surface area contributed by atoms with Crippen LogP contribution in [0.5, 0.6) is 0 Å². The van der Waals surface area contributed by atoms with Gasteiger partial charge in [-0.25, -0.2) is 0 Å². The van der Waals surface area contributed by atoms with E-state index in [4.69, 9.17) is 0 Å². The van der Waals surface area contributed by atoms with Gasteiger partial charge in [-0.3, -0.25) is 9.59 Å². The number of hydrogen-bond donors (Lipinski definition) is 2. The standard InChI is InChI=1S/C14H26N2O2/c1-10(2)8-16-14(18)13-6-4-12(5-7-13)9-15-11(3)17/h10,12-13H,4-9H2,1-3H3,(H,15,17)(H,16,18). The Labute approximate surface area is 110 Å². The van der Waals surface area contributed by atoms with Crippen LogP contribution in [-0.2, 0) is 9.59 Å². The van der Waals surface area contributed by atoms with Crippen molar-refractivity contribution in [2.75, 3.05) is 13.1 Å². The predicted molar refractivity (Wildman–Crippen MR) is 72.0 cm³/mol. The Kier molecular flexibility index (Phi) is 6.16. The highest BCUT2D eigenvalue weighted by atomic mass is 16.2. The Bertz CT molecular complexity index is 282. The van der Waals surface area contributed by atoms with Crippen LogP contribution >= 0.6 is 0 Å². The van der Waals surface area contributed by atoms with E-state index >= 15 is 0 Å². The minimum Gasteiger partial charge on any atom is -0.356 e. The lowest BCUT2D eigenvalue weighted by Gasteiger charge is -2.28. The molecule has 4 heteroatoms. The lowest BCUT2D eigenvalue weighted by Crippen LogP contribution is -2.37. The Morgan fingerprint density at radius 2 is 1.72 bits per heavy atom. The van der Waals surface area contributed by atoms with Crippen LogP contribution in [-0.4, -0.2) is 24.9 Å². The summed E-state index contributed by atoms with van der Waals surface area (Å²) in [6.07, 6.45) is 3.99. The van der Waals surface area contributed by atoms with Gasteiger partial charge in [-0.05, 0) is 37.5 Å². The quantitative estimate of drug-likeness (QED) is 0.784. The van der Waals surface area contributed by atoms with Crippen molar-refractivity contribution in [1.82, 2.24) is 10.6 Å². The summed E-state index contributed by atoms with van der Waals surface area (Å²) in [7, 11) is 0. The summed E-state index contributed by atoms with van der Waals surface area (Å²) >= 11 is 0. The molecule has 0 radical (unpaired) electrons. The summed E-state index contributed by atoms with van der Waals surface area (Å²) < 4.78 is 0. The number of amides is 2. The van der Waals surface area contributed by atoms with Crippen molar-refractivity contribution >= 4 is 11.8 Å². The minimum absolute atomic E-state index is 0.0341. The van der Waals surface area contributed by atoms with E-state index in [1.165, 1.54) is 0 Å². The molecule has 0 unspecified atom stereocenters. The third kappa shape index (κ3) is 5.52. The van der Waals surface area contributed by atoms with Crippen LogP contribution < -0.4 is 10.6 Å². The van der Waals surface area contributed by atoms with Crippen molar-refractivity contribution in [3.63, 3.8) is 0 Å². The fourth-order valence-electron chi connectivity index (χ4n) is 2.37. The van der Waals surface area contributed by atoms with E-state index in [1.807, 2.05) is 0 Å². The topological polar surface area (TPSA) is 58.2 Å². The van der Waals surface area contributed by atoms with E-state index in [2.05, 4.69) is 24.5 Å². The van der Waals surface area contributed by atoms with E-state index in [1.54, 1.807) is 6.92 Å². The Morgan fingerprint density at radius 1 is 1.11 bits per heavy atom. The second-order valence-electron chi connectivity index (χ2n) is 5.79. The molecule has 1 aliphatic carbocycles. The molecule has 104 valence electrons. The number of hydrogen-bond acceptors (Lipinski definition) is 2. The fraction of sp³-hybridized carbons (Fsp3) is 0.857. The molecule has 0 atom stereocenters. The summed E-state index contributed by atoms with van der Waals surface area (Å²) in [5.74, 6) is 1.47. The molecular formula is C14H26N2O2. The second-order valence-corrected chi connectivity index (χ2v) is 5.79. The van der Waals surface area contributed by atoms with E-state index in [9.17, 15) is 9.59 Å². The summed E-state index contributed by atoms with van der Waals surface area (Å²) in [5.41, 5.74) is 0. The third-order valence-corrected chi connectivity index (χ3v) is 3.54. The van der Waals surface area contributed by atoms with Crippen molar-refractivity contribution in [1.29, 1.82) is 0 Å². The zero-order chi connectivity index (χ0) is 13.5. The molecule has 0 heterocycles. The molecule has 0 aliphatic heterocycles. The molecule has 0 aromatic rings. The number of nitrogens with one attached hydrogen (secondary N) is 2. The van der Waals surface area contributed by atoms with Gasteiger partial charge in [0.1, 0.15) is 0 Å². The summed E-state index contributed by atoms with van der Waals surface area (Å²) in [6, 6.07) is 0. The summed E-state index contributed by atoms with van der Waals surface area (Å²) in [4.78, 5) is 22.7. The van der Waals surface area contributed by atoms with Gasteiger partial charge in [0.05, 0.1) is 0 Å². The molecule has 0 aromatic carbocycles. The van der Waals surface area contributed by atoms with Crippen LogP contribution in [0, 0.1) is 17.8 Å². The van der Waals surface area contributed by atoms with Gasteiger partial charge in [-0.1, -0.05) is 13.8 Å². The van der Waals surface area contributed by atoms with Crippen LogP contribution in [0.15, 0.2) is 0 Å². The van der Waals surface area contributed by atoms with E-state index in [0.717, 1.165) is 38.8 Å². The first-order valence-electron chi connectivity index (χ1n) is 7.01. The van der Waals surface area contributed by atoms with Crippen molar-refractivity contribution < 1.29 is 9.59 Å². The van der Waals surface area contributed by atoms with Crippen molar-refractivity contribution in [2.45, 2.75) is 46.5 Å². The molecule has 0 saturated heterocycles. The number of rotatable bonds is 5. The molecule has 0 spiro atoms. The molecular weight excluding hydrogens is 228 g/mol. The largest absolute Gasteiger partial charge is 0.356 e. The van der Waals surface area contributed by atoms with Gasteiger partial charge >= 0.3 is 0 Å². The van der Waals surface area contributed by atoms with E-state index in [0.29, 0.717) is 11.8 Å².